The van der Waals surface area contributed by atoms with E-state index in [0.29, 0.717) is 28.4 Å². The number of pyridine rings is 1. The molecular formula is C32H31BrFN7O3. The van der Waals surface area contributed by atoms with E-state index in [9.17, 15) is 18.8 Å². The van der Waals surface area contributed by atoms with Gasteiger partial charge in [-0.3, -0.25) is 19.1 Å². The second kappa shape index (κ2) is 10.8. The Balaban J connectivity index is 1.23. The molecule has 1 aliphatic heterocycles. The number of piperidine rings is 1. The number of carbonyl (C=O) groups is 3. The lowest BCUT2D eigenvalue weighted by Gasteiger charge is -2.34. The van der Waals surface area contributed by atoms with Crippen molar-refractivity contribution < 1.29 is 18.8 Å². The Morgan fingerprint density at radius 3 is 2.50 bits per heavy atom. The Morgan fingerprint density at radius 2 is 1.80 bits per heavy atom. The highest BCUT2D eigenvalue weighted by molar-refractivity contribution is 9.10. The van der Waals surface area contributed by atoms with Crippen LogP contribution in [0.5, 0.6) is 0 Å². The molecule has 4 heterocycles. The highest BCUT2D eigenvalue weighted by Gasteiger charge is 2.51. The summed E-state index contributed by atoms with van der Waals surface area (Å²) in [6.45, 7) is 4.89. The number of fused-ring (bicyclic) bond motifs is 3. The van der Waals surface area contributed by atoms with Crippen LogP contribution in [0.1, 0.15) is 72.4 Å². The summed E-state index contributed by atoms with van der Waals surface area (Å²) in [5.74, 6) is -0.000874. The molecule has 0 unspecified atom stereocenters. The number of aromatic nitrogens is 5. The summed E-state index contributed by atoms with van der Waals surface area (Å²) in [5, 5.41) is 8.23. The largest absolute Gasteiger partial charge is 0.326 e. The lowest BCUT2D eigenvalue weighted by molar-refractivity contribution is -0.141. The van der Waals surface area contributed by atoms with Gasteiger partial charge in [-0.15, -0.1) is 0 Å². The SMILES string of the molecule is CC(=O)c1nn(CC(=O)N2[C@H]3CC[C@H](C3)[C@H]2C(=O)Nc2nc(Br)c(F)cc2C)c2c(C3CC3)cc(-c3cnc(C)nc3)cc12. The standard InChI is InChI=1S/C32H31BrFN7O3/c1-15-8-25(34)30(33)37-31(15)38-32(44)28-19-6-7-22(9-19)41(28)26(43)14-40-29-23(18-4-5-18)10-20(21-12-35-17(3)36-13-21)11-24(29)27(39-40)16(2)42/h8,10-13,18-19,22,28H,4-7,9,14H2,1-3H3,(H,37,38,44)/t19-,22+,28+/m1/s1. The van der Waals surface area contributed by atoms with Crippen molar-refractivity contribution in [3.05, 3.63) is 63.7 Å². The molecule has 3 aromatic heterocycles. The van der Waals surface area contributed by atoms with Crippen molar-refractivity contribution in [3.8, 4) is 11.1 Å². The average molecular weight is 661 g/mol. The molecule has 3 aliphatic rings. The molecule has 2 aliphatic carbocycles. The Hall–Kier alpha value is -4.06. The topological polar surface area (TPSA) is 123 Å². The van der Waals surface area contributed by atoms with Crippen LogP contribution in [0.4, 0.5) is 10.2 Å². The van der Waals surface area contributed by atoms with E-state index in [1.807, 2.05) is 13.0 Å². The maximum absolute atomic E-state index is 14.1. The first-order chi connectivity index (χ1) is 21.1. The van der Waals surface area contributed by atoms with E-state index in [4.69, 9.17) is 0 Å². The molecule has 1 saturated heterocycles. The number of halogens is 2. The molecule has 7 rings (SSSR count). The number of anilines is 1. The molecule has 0 radical (unpaired) electrons. The van der Waals surface area contributed by atoms with Crippen LogP contribution in [0.15, 0.2) is 35.2 Å². The zero-order chi connectivity index (χ0) is 30.9. The Bertz CT molecular complexity index is 1850. The predicted molar refractivity (Wildman–Crippen MR) is 165 cm³/mol. The van der Waals surface area contributed by atoms with Gasteiger partial charge < -0.3 is 10.2 Å². The normalized spacial score (nSPS) is 20.8. The summed E-state index contributed by atoms with van der Waals surface area (Å²) in [6, 6.07) is 4.62. The number of rotatable bonds is 7. The molecular weight excluding hydrogens is 629 g/mol. The van der Waals surface area contributed by atoms with Crippen molar-refractivity contribution in [2.45, 2.75) is 77.4 Å². The average Bonchev–Trinajstić information content (AvgIpc) is 3.47. The number of aryl methyl sites for hydroxylation is 2. The molecule has 2 saturated carbocycles. The molecule has 3 atom stereocenters. The fraction of sp³-hybridized carbons (Fsp3) is 0.406. The lowest BCUT2D eigenvalue weighted by Crippen LogP contribution is -2.52. The smallest absolute Gasteiger partial charge is 0.248 e. The zero-order valence-electron chi connectivity index (χ0n) is 24.6. The third-order valence-corrected chi connectivity index (χ3v) is 9.69. The van der Waals surface area contributed by atoms with Crippen LogP contribution < -0.4 is 5.32 Å². The molecule has 226 valence electrons. The fourth-order valence-corrected chi connectivity index (χ4v) is 7.20. The predicted octanol–water partition coefficient (Wildman–Crippen LogP) is 5.50. The van der Waals surface area contributed by atoms with E-state index >= 15 is 0 Å². The van der Waals surface area contributed by atoms with Crippen LogP contribution >= 0.6 is 15.9 Å². The van der Waals surface area contributed by atoms with Gasteiger partial charge in [0.15, 0.2) is 11.6 Å². The maximum atomic E-state index is 14.1. The molecule has 3 fully saturated rings. The Morgan fingerprint density at radius 1 is 1.05 bits per heavy atom. The van der Waals surface area contributed by atoms with Crippen molar-refractivity contribution in [1.82, 2.24) is 29.6 Å². The third-order valence-electron chi connectivity index (χ3n) is 9.13. The second-order valence-corrected chi connectivity index (χ2v) is 13.0. The van der Waals surface area contributed by atoms with Gasteiger partial charge in [0.1, 0.15) is 34.5 Å². The molecule has 0 spiro atoms. The van der Waals surface area contributed by atoms with E-state index in [2.05, 4.69) is 47.4 Å². The van der Waals surface area contributed by atoms with E-state index in [0.717, 1.165) is 54.3 Å². The van der Waals surface area contributed by atoms with E-state index < -0.39 is 11.9 Å². The van der Waals surface area contributed by atoms with Crippen LogP contribution in [-0.4, -0.2) is 59.3 Å². The molecule has 10 nitrogen and oxygen atoms in total. The number of Topliss-reactive ketones (excluding diaryl/α,β-unsaturated/α-hetero) is 1. The number of amides is 2. The molecule has 44 heavy (non-hydrogen) atoms. The summed E-state index contributed by atoms with van der Waals surface area (Å²) >= 11 is 3.09. The van der Waals surface area contributed by atoms with Gasteiger partial charge in [-0.2, -0.15) is 5.10 Å². The molecule has 1 aromatic carbocycles. The summed E-state index contributed by atoms with van der Waals surface area (Å²) in [7, 11) is 0. The molecule has 12 heteroatoms. The summed E-state index contributed by atoms with van der Waals surface area (Å²) in [5.41, 5.74) is 4.38. The summed E-state index contributed by atoms with van der Waals surface area (Å²) in [4.78, 5) is 55.1. The summed E-state index contributed by atoms with van der Waals surface area (Å²) < 4.78 is 15.6. The molecule has 4 aromatic rings. The van der Waals surface area contributed by atoms with Crippen LogP contribution in [0.2, 0.25) is 0 Å². The minimum Gasteiger partial charge on any atom is -0.326 e. The number of benzene rings is 1. The maximum Gasteiger partial charge on any atom is 0.248 e. The minimum atomic E-state index is -0.670. The first-order valence-corrected chi connectivity index (χ1v) is 15.7. The Labute approximate surface area is 261 Å². The zero-order valence-corrected chi connectivity index (χ0v) is 26.2. The first kappa shape index (κ1) is 28.7. The van der Waals surface area contributed by atoms with Crippen LogP contribution in [0.3, 0.4) is 0 Å². The number of likely N-dealkylation sites (tertiary alicyclic amines) is 1. The van der Waals surface area contributed by atoms with Gasteiger partial charge in [0.05, 0.1) is 5.52 Å². The number of nitrogens with one attached hydrogen (secondary N) is 1. The van der Waals surface area contributed by atoms with Gasteiger partial charge in [-0.25, -0.2) is 19.3 Å². The van der Waals surface area contributed by atoms with Crippen LogP contribution in [0.25, 0.3) is 22.0 Å². The number of carbonyl (C=O) groups excluding carboxylic acids is 3. The highest BCUT2D eigenvalue weighted by atomic mass is 79.9. The third kappa shape index (κ3) is 4.98. The van der Waals surface area contributed by atoms with Crippen molar-refractivity contribution in [1.29, 1.82) is 0 Å². The van der Waals surface area contributed by atoms with Crippen molar-refractivity contribution in [3.63, 3.8) is 0 Å². The molecule has 1 N–H and O–H groups in total. The monoisotopic (exact) mass is 659 g/mol. The second-order valence-electron chi connectivity index (χ2n) is 12.2. The van der Waals surface area contributed by atoms with Crippen LogP contribution in [-0.2, 0) is 16.1 Å². The highest BCUT2D eigenvalue weighted by Crippen LogP contribution is 2.46. The molecule has 2 amide bonds. The molecule has 2 bridgehead atoms. The van der Waals surface area contributed by atoms with Gasteiger partial charge in [0.2, 0.25) is 11.8 Å². The quantitative estimate of drug-likeness (QED) is 0.205. The van der Waals surface area contributed by atoms with Crippen molar-refractivity contribution in [2.24, 2.45) is 5.92 Å². The number of ketones is 1. The van der Waals surface area contributed by atoms with Gasteiger partial charge in [0.25, 0.3) is 0 Å². The van der Waals surface area contributed by atoms with Crippen LogP contribution in [0, 0.1) is 25.6 Å². The van der Waals surface area contributed by atoms with Crippen molar-refractivity contribution in [2.75, 3.05) is 5.32 Å². The fourth-order valence-electron chi connectivity index (χ4n) is 6.91. The van der Waals surface area contributed by atoms with Gasteiger partial charge in [-0.1, -0.05) is 0 Å². The number of hydrogen-bond donors (Lipinski definition) is 1. The lowest BCUT2D eigenvalue weighted by atomic mass is 9.97. The minimum absolute atomic E-state index is 0.00985. The van der Waals surface area contributed by atoms with Gasteiger partial charge >= 0.3 is 0 Å². The van der Waals surface area contributed by atoms with Gasteiger partial charge in [-0.05, 0) is 109 Å². The number of hydrogen-bond acceptors (Lipinski definition) is 7. The van der Waals surface area contributed by atoms with E-state index in [-0.39, 0.29) is 46.5 Å². The first-order valence-electron chi connectivity index (χ1n) is 14.9. The van der Waals surface area contributed by atoms with E-state index in [1.165, 1.54) is 13.0 Å². The summed E-state index contributed by atoms with van der Waals surface area (Å²) in [6.07, 6.45) is 8.01. The van der Waals surface area contributed by atoms with E-state index in [1.54, 1.807) is 28.9 Å². The van der Waals surface area contributed by atoms with Crippen molar-refractivity contribution >= 4 is 50.2 Å². The number of nitrogens with zero attached hydrogens (tertiary/aromatic N) is 6. The van der Waals surface area contributed by atoms with Gasteiger partial charge in [0, 0.05) is 36.3 Å². The Kier molecular flexibility index (Phi) is 7.06.